The molecule has 1 aliphatic carbocycles. The molecule has 0 unspecified atom stereocenters. The van der Waals surface area contributed by atoms with Crippen LogP contribution in [-0.4, -0.2) is 30.1 Å². The summed E-state index contributed by atoms with van der Waals surface area (Å²) in [5.74, 6) is -0.307. The van der Waals surface area contributed by atoms with Crippen molar-refractivity contribution in [1.82, 2.24) is 5.32 Å². The Bertz CT molecular complexity index is 575. The van der Waals surface area contributed by atoms with Crippen molar-refractivity contribution in [2.75, 3.05) is 18.5 Å². The average Bonchev–Trinajstić information content (AvgIpc) is 2.62. The lowest BCUT2D eigenvalue weighted by Gasteiger charge is -2.35. The number of carbonyl (C=O) groups excluding carboxylic acids is 2. The van der Waals surface area contributed by atoms with Crippen molar-refractivity contribution in [3.05, 3.63) is 42.5 Å². The first kappa shape index (κ1) is 18.2. The maximum atomic E-state index is 12.1. The molecule has 1 aromatic rings. The summed E-state index contributed by atoms with van der Waals surface area (Å²) in [7, 11) is 0. The Morgan fingerprint density at radius 3 is 2.42 bits per heavy atom. The normalized spacial score (nSPS) is 16.2. The van der Waals surface area contributed by atoms with Crippen molar-refractivity contribution in [2.45, 2.75) is 38.5 Å². The van der Waals surface area contributed by atoms with Gasteiger partial charge in [0.05, 0.1) is 13.0 Å². The first-order chi connectivity index (χ1) is 11.6. The van der Waals surface area contributed by atoms with Gasteiger partial charge >= 0.3 is 0 Å². The van der Waals surface area contributed by atoms with E-state index in [1.165, 1.54) is 12.5 Å². The SMILES string of the molecule is C=CC(=O)Nc1ccc(CC(=O)NCC2(CO)CCCCC2)cc1. The van der Waals surface area contributed by atoms with E-state index in [1.54, 1.807) is 12.1 Å². The lowest BCUT2D eigenvalue weighted by Crippen LogP contribution is -2.41. The highest BCUT2D eigenvalue weighted by atomic mass is 16.3. The van der Waals surface area contributed by atoms with Crippen LogP contribution in [0.1, 0.15) is 37.7 Å². The quantitative estimate of drug-likeness (QED) is 0.672. The predicted molar refractivity (Wildman–Crippen MR) is 94.6 cm³/mol. The van der Waals surface area contributed by atoms with Crippen LogP contribution in [0.5, 0.6) is 0 Å². The fourth-order valence-electron chi connectivity index (χ4n) is 3.13. The molecule has 1 fully saturated rings. The van der Waals surface area contributed by atoms with Gasteiger partial charge in [0.25, 0.3) is 0 Å². The summed E-state index contributed by atoms with van der Waals surface area (Å²) in [6, 6.07) is 7.17. The van der Waals surface area contributed by atoms with Crippen LogP contribution in [0.3, 0.4) is 0 Å². The molecule has 130 valence electrons. The van der Waals surface area contributed by atoms with E-state index in [0.29, 0.717) is 12.2 Å². The van der Waals surface area contributed by atoms with E-state index in [9.17, 15) is 14.7 Å². The van der Waals surface area contributed by atoms with E-state index in [1.807, 2.05) is 12.1 Å². The van der Waals surface area contributed by atoms with Gasteiger partial charge in [0.15, 0.2) is 0 Å². The van der Waals surface area contributed by atoms with Gasteiger partial charge in [0.2, 0.25) is 11.8 Å². The van der Waals surface area contributed by atoms with Gasteiger partial charge in [-0.25, -0.2) is 0 Å². The van der Waals surface area contributed by atoms with Crippen LogP contribution >= 0.6 is 0 Å². The summed E-state index contributed by atoms with van der Waals surface area (Å²) in [6.07, 6.45) is 6.90. The third kappa shape index (κ3) is 5.20. The summed E-state index contributed by atoms with van der Waals surface area (Å²) >= 11 is 0. The first-order valence-corrected chi connectivity index (χ1v) is 8.47. The molecule has 1 aromatic carbocycles. The van der Waals surface area contributed by atoms with Gasteiger partial charge < -0.3 is 15.7 Å². The molecule has 2 amide bonds. The second-order valence-corrected chi connectivity index (χ2v) is 6.56. The van der Waals surface area contributed by atoms with E-state index < -0.39 is 0 Å². The molecule has 0 radical (unpaired) electrons. The van der Waals surface area contributed by atoms with Gasteiger partial charge in [0, 0.05) is 17.6 Å². The van der Waals surface area contributed by atoms with Crippen molar-refractivity contribution >= 4 is 17.5 Å². The zero-order valence-electron chi connectivity index (χ0n) is 14.0. The molecule has 5 nitrogen and oxygen atoms in total. The molecule has 1 aliphatic rings. The van der Waals surface area contributed by atoms with Crippen molar-refractivity contribution in [3.63, 3.8) is 0 Å². The fraction of sp³-hybridized carbons (Fsp3) is 0.474. The molecule has 3 N–H and O–H groups in total. The Morgan fingerprint density at radius 2 is 1.83 bits per heavy atom. The summed E-state index contributed by atoms with van der Waals surface area (Å²) in [6.45, 7) is 4.07. The number of anilines is 1. The van der Waals surface area contributed by atoms with Crippen molar-refractivity contribution in [3.8, 4) is 0 Å². The number of rotatable bonds is 7. The zero-order chi connectivity index (χ0) is 17.4. The molecule has 1 saturated carbocycles. The lowest BCUT2D eigenvalue weighted by atomic mass is 9.74. The van der Waals surface area contributed by atoms with Crippen LogP contribution in [-0.2, 0) is 16.0 Å². The fourth-order valence-corrected chi connectivity index (χ4v) is 3.13. The number of carbonyl (C=O) groups is 2. The summed E-state index contributed by atoms with van der Waals surface area (Å²) in [4.78, 5) is 23.4. The molecule has 0 saturated heterocycles. The Morgan fingerprint density at radius 1 is 1.17 bits per heavy atom. The standard InChI is InChI=1S/C19H26N2O3/c1-2-17(23)21-16-8-6-15(7-9-16)12-18(24)20-13-19(14-22)10-4-3-5-11-19/h2,6-9,22H,1,3-5,10-14H2,(H,20,24)(H,21,23). The number of nitrogens with one attached hydrogen (secondary N) is 2. The van der Waals surface area contributed by atoms with Crippen molar-refractivity contribution < 1.29 is 14.7 Å². The Hall–Kier alpha value is -2.14. The average molecular weight is 330 g/mol. The number of amides is 2. The van der Waals surface area contributed by atoms with Gasteiger partial charge in [0.1, 0.15) is 0 Å². The molecular weight excluding hydrogens is 304 g/mol. The molecule has 0 heterocycles. The molecule has 0 aliphatic heterocycles. The molecule has 2 rings (SSSR count). The molecule has 0 spiro atoms. The van der Waals surface area contributed by atoms with E-state index in [-0.39, 0.29) is 30.3 Å². The maximum Gasteiger partial charge on any atom is 0.247 e. The van der Waals surface area contributed by atoms with Gasteiger partial charge in [-0.15, -0.1) is 0 Å². The molecule has 0 atom stereocenters. The third-order valence-corrected chi connectivity index (χ3v) is 4.68. The van der Waals surface area contributed by atoms with E-state index >= 15 is 0 Å². The van der Waals surface area contributed by atoms with Crippen LogP contribution in [0.2, 0.25) is 0 Å². The first-order valence-electron chi connectivity index (χ1n) is 8.47. The predicted octanol–water partition coefficient (Wildman–Crippen LogP) is 2.41. The van der Waals surface area contributed by atoms with E-state index in [2.05, 4.69) is 17.2 Å². The maximum absolute atomic E-state index is 12.1. The van der Waals surface area contributed by atoms with Crippen molar-refractivity contribution in [2.24, 2.45) is 5.41 Å². The van der Waals surface area contributed by atoms with Gasteiger partial charge in [-0.05, 0) is 36.6 Å². The van der Waals surface area contributed by atoms with Gasteiger partial charge in [-0.1, -0.05) is 38.0 Å². The minimum atomic E-state index is -0.262. The Balaban J connectivity index is 1.83. The van der Waals surface area contributed by atoms with Gasteiger partial charge in [-0.2, -0.15) is 0 Å². The van der Waals surface area contributed by atoms with E-state index in [4.69, 9.17) is 0 Å². The van der Waals surface area contributed by atoms with Crippen LogP contribution < -0.4 is 10.6 Å². The van der Waals surface area contributed by atoms with Crippen LogP contribution in [0.15, 0.2) is 36.9 Å². The number of hydrogen-bond donors (Lipinski definition) is 3. The highest BCUT2D eigenvalue weighted by molar-refractivity contribution is 5.98. The Labute approximate surface area is 143 Å². The highest BCUT2D eigenvalue weighted by Crippen LogP contribution is 2.35. The minimum absolute atomic E-state index is 0.0451. The number of aliphatic hydroxyl groups is 1. The molecule has 5 heteroatoms. The number of aliphatic hydroxyl groups excluding tert-OH is 1. The smallest absolute Gasteiger partial charge is 0.247 e. The van der Waals surface area contributed by atoms with Gasteiger partial charge in [-0.3, -0.25) is 9.59 Å². The molecular formula is C19H26N2O3. The summed E-state index contributed by atoms with van der Waals surface area (Å²) < 4.78 is 0. The van der Waals surface area contributed by atoms with Crippen molar-refractivity contribution in [1.29, 1.82) is 0 Å². The molecule has 0 aromatic heterocycles. The second kappa shape index (κ2) is 8.64. The summed E-state index contributed by atoms with van der Waals surface area (Å²) in [5, 5.41) is 15.3. The van der Waals surface area contributed by atoms with Crippen LogP contribution in [0.25, 0.3) is 0 Å². The monoisotopic (exact) mass is 330 g/mol. The summed E-state index contributed by atoms with van der Waals surface area (Å²) in [5.41, 5.74) is 1.41. The lowest BCUT2D eigenvalue weighted by molar-refractivity contribution is -0.121. The van der Waals surface area contributed by atoms with Crippen LogP contribution in [0.4, 0.5) is 5.69 Å². The topological polar surface area (TPSA) is 78.4 Å². The zero-order valence-corrected chi connectivity index (χ0v) is 14.0. The number of hydrogen-bond acceptors (Lipinski definition) is 3. The Kier molecular flexibility index (Phi) is 6.55. The minimum Gasteiger partial charge on any atom is -0.396 e. The van der Waals surface area contributed by atoms with Crippen LogP contribution in [0, 0.1) is 5.41 Å². The largest absolute Gasteiger partial charge is 0.396 e. The highest BCUT2D eigenvalue weighted by Gasteiger charge is 2.31. The molecule has 0 bridgehead atoms. The third-order valence-electron chi connectivity index (χ3n) is 4.68. The second-order valence-electron chi connectivity index (χ2n) is 6.56. The molecule has 24 heavy (non-hydrogen) atoms. The van der Waals surface area contributed by atoms with E-state index in [0.717, 1.165) is 31.2 Å². The number of benzene rings is 1.